The van der Waals surface area contributed by atoms with E-state index in [1.54, 1.807) is 12.1 Å². The van der Waals surface area contributed by atoms with E-state index >= 15 is 0 Å². The number of hydrogen-bond donors (Lipinski definition) is 2. The van der Waals surface area contributed by atoms with E-state index < -0.39 is 11.6 Å². The first-order chi connectivity index (χ1) is 12.8. The van der Waals surface area contributed by atoms with Crippen LogP contribution in [0.15, 0.2) is 36.4 Å². The summed E-state index contributed by atoms with van der Waals surface area (Å²) < 4.78 is 29.9. The smallest absolute Gasteiger partial charge is 0.141 e. The number of aromatic nitrogens is 2. The van der Waals surface area contributed by atoms with Gasteiger partial charge in [0.15, 0.2) is 0 Å². The fourth-order valence-electron chi connectivity index (χ4n) is 3.50. The van der Waals surface area contributed by atoms with Crippen LogP contribution in [0, 0.1) is 11.6 Å². The zero-order valence-corrected chi connectivity index (χ0v) is 15.7. The maximum Gasteiger partial charge on any atom is 0.141 e. The topological polar surface area (TPSA) is 55.9 Å². The molecule has 140 valence electrons. The van der Waals surface area contributed by atoms with E-state index in [9.17, 15) is 8.78 Å². The summed E-state index contributed by atoms with van der Waals surface area (Å²) >= 11 is 5.86. The predicted molar refractivity (Wildman–Crippen MR) is 103 cm³/mol. The molecule has 0 aliphatic carbocycles. The fourth-order valence-corrected chi connectivity index (χ4v) is 3.68. The zero-order valence-electron chi connectivity index (χ0n) is 15.0. The Hall–Kier alpha value is -2.44. The average Bonchev–Trinajstić information content (AvgIpc) is 2.96. The van der Waals surface area contributed by atoms with E-state index in [4.69, 9.17) is 22.3 Å². The average molecular weight is 389 g/mol. The van der Waals surface area contributed by atoms with Crippen molar-refractivity contribution in [3.8, 4) is 22.4 Å². The van der Waals surface area contributed by atoms with Crippen LogP contribution in [0.1, 0.15) is 19.7 Å². The first-order valence-corrected chi connectivity index (χ1v) is 9.02. The summed E-state index contributed by atoms with van der Waals surface area (Å²) in [4.78, 5) is 4.74. The van der Waals surface area contributed by atoms with Gasteiger partial charge in [-0.15, -0.1) is 0 Å². The molecule has 0 spiro atoms. The minimum atomic E-state index is -0.544. The van der Waals surface area contributed by atoms with Gasteiger partial charge in [0.25, 0.3) is 0 Å². The Bertz CT molecular complexity index is 1040. The molecule has 27 heavy (non-hydrogen) atoms. The highest BCUT2D eigenvalue weighted by molar-refractivity contribution is 6.31. The first-order valence-electron chi connectivity index (χ1n) is 8.65. The van der Waals surface area contributed by atoms with Crippen molar-refractivity contribution in [2.45, 2.75) is 25.9 Å². The van der Waals surface area contributed by atoms with Crippen LogP contribution in [-0.4, -0.2) is 16.1 Å². The number of nitrogens with one attached hydrogen (secondary N) is 1. The molecule has 3 aromatic rings. The van der Waals surface area contributed by atoms with Gasteiger partial charge in [-0.05, 0) is 49.7 Å². The number of anilines is 1. The summed E-state index contributed by atoms with van der Waals surface area (Å²) in [6.45, 7) is 5.61. The summed E-state index contributed by atoms with van der Waals surface area (Å²) in [5, 5.41) is 3.36. The van der Waals surface area contributed by atoms with E-state index in [-0.39, 0.29) is 10.6 Å². The Kier molecular flexibility index (Phi) is 4.20. The Morgan fingerprint density at radius 3 is 2.52 bits per heavy atom. The molecule has 7 heteroatoms. The van der Waals surface area contributed by atoms with Crippen LogP contribution in [0.2, 0.25) is 5.02 Å². The lowest BCUT2D eigenvalue weighted by Gasteiger charge is -2.31. The molecule has 0 saturated heterocycles. The van der Waals surface area contributed by atoms with Gasteiger partial charge in [0, 0.05) is 24.2 Å². The van der Waals surface area contributed by atoms with Gasteiger partial charge < -0.3 is 15.6 Å². The third kappa shape index (κ3) is 2.99. The van der Waals surface area contributed by atoms with E-state index in [1.807, 2.05) is 18.4 Å². The van der Waals surface area contributed by atoms with Gasteiger partial charge in [0.2, 0.25) is 0 Å². The number of rotatable bonds is 2. The van der Waals surface area contributed by atoms with Gasteiger partial charge >= 0.3 is 0 Å². The van der Waals surface area contributed by atoms with E-state index in [2.05, 4.69) is 5.32 Å². The largest absolute Gasteiger partial charge is 0.383 e. The fraction of sp³-hybridized carbons (Fsp3) is 0.250. The van der Waals surface area contributed by atoms with E-state index in [1.165, 1.54) is 24.3 Å². The molecule has 0 bridgehead atoms. The molecule has 4 nitrogen and oxygen atoms in total. The molecule has 3 N–H and O–H groups in total. The van der Waals surface area contributed by atoms with Crippen molar-refractivity contribution >= 4 is 17.4 Å². The second kappa shape index (κ2) is 6.32. The highest BCUT2D eigenvalue weighted by Crippen LogP contribution is 2.35. The number of hydrogen-bond acceptors (Lipinski definition) is 3. The lowest BCUT2D eigenvalue weighted by Crippen LogP contribution is -2.45. The molecule has 4 rings (SSSR count). The molecule has 2 heterocycles. The number of nitrogens with two attached hydrogens (primary N) is 1. The Balaban J connectivity index is 1.85. The number of nitrogens with zero attached hydrogens (tertiary/aromatic N) is 2. The molecule has 0 fully saturated rings. The molecule has 0 atom stereocenters. The van der Waals surface area contributed by atoms with E-state index in [0.717, 1.165) is 18.9 Å². The minimum Gasteiger partial charge on any atom is -0.383 e. The molecule has 0 saturated carbocycles. The third-order valence-corrected chi connectivity index (χ3v) is 5.23. The molecule has 2 aromatic carbocycles. The quantitative estimate of drug-likeness (QED) is 0.676. The molecule has 0 amide bonds. The van der Waals surface area contributed by atoms with Gasteiger partial charge in [0.1, 0.15) is 29.0 Å². The van der Waals surface area contributed by atoms with Crippen LogP contribution in [0.4, 0.5) is 14.6 Å². The second-order valence-corrected chi connectivity index (χ2v) is 7.60. The molecule has 0 radical (unpaired) electrons. The van der Waals surface area contributed by atoms with Crippen LogP contribution in [0.3, 0.4) is 0 Å². The lowest BCUT2D eigenvalue weighted by molar-refractivity contribution is 0.318. The van der Waals surface area contributed by atoms with Crippen molar-refractivity contribution in [3.63, 3.8) is 0 Å². The number of imidazole rings is 1. The SMILES string of the molecule is CC1(C)NCCn2c1nc(-c1ccc(F)c(-c3ccc(F)c(Cl)c3)c1)c2N. The Morgan fingerprint density at radius 1 is 1.11 bits per heavy atom. The molecule has 1 aliphatic heterocycles. The normalized spacial score (nSPS) is 15.6. The van der Waals surface area contributed by atoms with Crippen LogP contribution < -0.4 is 11.1 Å². The molecular weight excluding hydrogens is 370 g/mol. The molecule has 0 unspecified atom stereocenters. The highest BCUT2D eigenvalue weighted by Gasteiger charge is 2.32. The lowest BCUT2D eigenvalue weighted by atomic mass is 10.0. The monoisotopic (exact) mass is 388 g/mol. The van der Waals surface area contributed by atoms with Crippen molar-refractivity contribution < 1.29 is 8.78 Å². The maximum atomic E-state index is 14.5. The van der Waals surface area contributed by atoms with E-state index in [0.29, 0.717) is 28.2 Å². The number of fused-ring (bicyclic) bond motifs is 1. The summed E-state index contributed by atoms with van der Waals surface area (Å²) in [6, 6.07) is 8.82. The van der Waals surface area contributed by atoms with Gasteiger partial charge in [-0.2, -0.15) is 0 Å². The van der Waals surface area contributed by atoms with Crippen LogP contribution in [0.5, 0.6) is 0 Å². The van der Waals surface area contributed by atoms with Gasteiger partial charge in [0.05, 0.1) is 10.6 Å². The van der Waals surface area contributed by atoms with Gasteiger partial charge in [-0.3, -0.25) is 0 Å². The number of nitrogen functional groups attached to an aromatic ring is 1. The number of halogens is 3. The van der Waals surface area contributed by atoms with Crippen LogP contribution >= 0.6 is 11.6 Å². The highest BCUT2D eigenvalue weighted by atomic mass is 35.5. The van der Waals surface area contributed by atoms with Gasteiger partial charge in [-0.25, -0.2) is 13.8 Å². The zero-order chi connectivity index (χ0) is 19.3. The molecule has 1 aromatic heterocycles. The summed E-state index contributed by atoms with van der Waals surface area (Å²) in [5.41, 5.74) is 8.16. The summed E-state index contributed by atoms with van der Waals surface area (Å²) in [5.74, 6) is 0.426. The number of benzene rings is 2. The minimum absolute atomic E-state index is 0.0536. The van der Waals surface area contributed by atoms with Crippen molar-refractivity contribution in [2.75, 3.05) is 12.3 Å². The third-order valence-electron chi connectivity index (χ3n) is 4.94. The van der Waals surface area contributed by atoms with Crippen molar-refractivity contribution in [2.24, 2.45) is 0 Å². The predicted octanol–water partition coefficient (Wildman–Crippen LogP) is 4.57. The standard InChI is InChI=1S/C20H19ClF2N4/c1-20(2)19-26-17(18(24)27(19)8-7-25-20)12-4-5-15(22)13(9-12)11-3-6-16(23)14(21)10-11/h3-6,9-10,25H,7-8,24H2,1-2H3. The Morgan fingerprint density at radius 2 is 1.81 bits per heavy atom. The summed E-state index contributed by atoms with van der Waals surface area (Å²) in [6.07, 6.45) is 0. The van der Waals surface area contributed by atoms with Crippen LogP contribution in [-0.2, 0) is 12.1 Å². The first kappa shape index (κ1) is 17.9. The van der Waals surface area contributed by atoms with Gasteiger partial charge in [-0.1, -0.05) is 17.7 Å². The Labute approximate surface area is 161 Å². The van der Waals surface area contributed by atoms with Crippen molar-refractivity contribution in [3.05, 3.63) is 58.9 Å². The second-order valence-electron chi connectivity index (χ2n) is 7.20. The van der Waals surface area contributed by atoms with Crippen molar-refractivity contribution in [1.82, 2.24) is 14.9 Å². The van der Waals surface area contributed by atoms with Crippen molar-refractivity contribution in [1.29, 1.82) is 0 Å². The maximum absolute atomic E-state index is 14.5. The summed E-state index contributed by atoms with van der Waals surface area (Å²) in [7, 11) is 0. The molecule has 1 aliphatic rings. The molecular formula is C20H19ClF2N4. The van der Waals surface area contributed by atoms with Crippen LogP contribution in [0.25, 0.3) is 22.4 Å².